The summed E-state index contributed by atoms with van der Waals surface area (Å²) >= 11 is 7.60. The molecule has 0 unspecified atom stereocenters. The highest BCUT2D eigenvalue weighted by Gasteiger charge is 2.05. The van der Waals surface area contributed by atoms with Gasteiger partial charge in [-0.15, -0.1) is 22.0 Å². The first kappa shape index (κ1) is 18.3. The van der Waals surface area contributed by atoms with Gasteiger partial charge in [0.25, 0.3) is 0 Å². The van der Waals surface area contributed by atoms with Crippen molar-refractivity contribution in [3.63, 3.8) is 0 Å². The van der Waals surface area contributed by atoms with Crippen LogP contribution in [0.2, 0.25) is 5.02 Å². The standard InChI is InChI=1S/C18H17ClN4O2S/c1-24-18-10-14(11-22-23-12-20-21-13-23)2-7-17(18)25-8-9-26-16-5-3-15(19)4-6-16/h2-7,10-13H,8-9H2,1H3. The number of hydrogen-bond donors (Lipinski definition) is 0. The number of hydrogen-bond acceptors (Lipinski definition) is 6. The molecule has 3 aromatic rings. The van der Waals surface area contributed by atoms with Crippen LogP contribution in [-0.4, -0.2) is 40.6 Å². The second kappa shape index (κ2) is 9.26. The smallest absolute Gasteiger partial charge is 0.161 e. The van der Waals surface area contributed by atoms with Gasteiger partial charge in [-0.3, -0.25) is 0 Å². The van der Waals surface area contributed by atoms with Gasteiger partial charge in [0.1, 0.15) is 12.7 Å². The maximum Gasteiger partial charge on any atom is 0.161 e. The number of halogens is 1. The minimum atomic E-state index is 0.567. The average Bonchev–Trinajstić information content (AvgIpc) is 3.19. The molecule has 0 radical (unpaired) electrons. The van der Waals surface area contributed by atoms with E-state index in [2.05, 4.69) is 15.3 Å². The predicted molar refractivity (Wildman–Crippen MR) is 104 cm³/mol. The van der Waals surface area contributed by atoms with Crippen molar-refractivity contribution in [1.82, 2.24) is 14.9 Å². The third kappa shape index (κ3) is 5.24. The van der Waals surface area contributed by atoms with Gasteiger partial charge in [0, 0.05) is 15.7 Å². The van der Waals surface area contributed by atoms with Crippen LogP contribution in [0, 0.1) is 0 Å². The van der Waals surface area contributed by atoms with E-state index in [4.69, 9.17) is 21.1 Å². The van der Waals surface area contributed by atoms with Crippen molar-refractivity contribution in [3.8, 4) is 11.5 Å². The molecule has 1 heterocycles. The highest BCUT2D eigenvalue weighted by atomic mass is 35.5. The molecule has 0 aliphatic rings. The Labute approximate surface area is 160 Å². The van der Waals surface area contributed by atoms with Gasteiger partial charge in [-0.05, 0) is 48.0 Å². The molecule has 26 heavy (non-hydrogen) atoms. The molecule has 2 aromatic carbocycles. The lowest BCUT2D eigenvalue weighted by Gasteiger charge is -2.11. The monoisotopic (exact) mass is 388 g/mol. The van der Waals surface area contributed by atoms with Gasteiger partial charge < -0.3 is 9.47 Å². The van der Waals surface area contributed by atoms with E-state index in [1.165, 1.54) is 17.3 Å². The third-order valence-corrected chi connectivity index (χ3v) is 4.59. The zero-order valence-electron chi connectivity index (χ0n) is 14.1. The fourth-order valence-corrected chi connectivity index (χ4v) is 2.97. The molecule has 0 aliphatic heterocycles. The normalized spacial score (nSPS) is 11.0. The summed E-state index contributed by atoms with van der Waals surface area (Å²) in [7, 11) is 1.62. The zero-order chi connectivity index (χ0) is 18.2. The lowest BCUT2D eigenvalue weighted by atomic mass is 10.2. The Balaban J connectivity index is 1.54. The first-order valence-corrected chi connectivity index (χ1v) is 9.19. The number of methoxy groups -OCH3 is 1. The quantitative estimate of drug-likeness (QED) is 0.331. The second-order valence-corrected chi connectivity index (χ2v) is 6.75. The summed E-state index contributed by atoms with van der Waals surface area (Å²) in [4.78, 5) is 1.16. The molecular formula is C18H17ClN4O2S. The van der Waals surface area contributed by atoms with Gasteiger partial charge in [-0.1, -0.05) is 11.6 Å². The summed E-state index contributed by atoms with van der Waals surface area (Å²) in [5, 5.41) is 12.3. The molecule has 0 saturated heterocycles. The van der Waals surface area contributed by atoms with E-state index in [0.29, 0.717) is 18.1 Å². The predicted octanol–water partition coefficient (Wildman–Crippen LogP) is 3.99. The molecule has 8 heteroatoms. The number of rotatable bonds is 8. The molecule has 0 saturated carbocycles. The van der Waals surface area contributed by atoms with Crippen molar-refractivity contribution in [2.45, 2.75) is 4.90 Å². The van der Waals surface area contributed by atoms with Gasteiger partial charge >= 0.3 is 0 Å². The largest absolute Gasteiger partial charge is 0.493 e. The summed E-state index contributed by atoms with van der Waals surface area (Å²) in [6.07, 6.45) is 4.74. The SMILES string of the molecule is COc1cc(C=Nn2cnnc2)ccc1OCCSc1ccc(Cl)cc1. The van der Waals surface area contributed by atoms with E-state index in [9.17, 15) is 0 Å². The average molecular weight is 389 g/mol. The van der Waals surface area contributed by atoms with Crippen LogP contribution in [0.4, 0.5) is 0 Å². The Morgan fingerprint density at radius 2 is 1.88 bits per heavy atom. The van der Waals surface area contributed by atoms with E-state index < -0.39 is 0 Å². The summed E-state index contributed by atoms with van der Waals surface area (Å²) in [6, 6.07) is 13.4. The number of thioether (sulfide) groups is 1. The van der Waals surface area contributed by atoms with Crippen molar-refractivity contribution in [1.29, 1.82) is 0 Å². The Bertz CT molecular complexity index is 854. The molecule has 134 valence electrons. The fraction of sp³-hybridized carbons (Fsp3) is 0.167. The van der Waals surface area contributed by atoms with E-state index in [-0.39, 0.29) is 0 Å². The van der Waals surface area contributed by atoms with Crippen molar-refractivity contribution in [2.75, 3.05) is 19.5 Å². The lowest BCUT2D eigenvalue weighted by Crippen LogP contribution is -2.02. The van der Waals surface area contributed by atoms with Crippen LogP contribution < -0.4 is 9.47 Å². The lowest BCUT2D eigenvalue weighted by molar-refractivity contribution is 0.313. The Morgan fingerprint density at radius 3 is 2.62 bits per heavy atom. The second-order valence-electron chi connectivity index (χ2n) is 5.15. The molecule has 0 amide bonds. The minimum Gasteiger partial charge on any atom is -0.493 e. The summed E-state index contributed by atoms with van der Waals surface area (Å²) in [5.74, 6) is 2.18. The number of ether oxygens (including phenoxy) is 2. The van der Waals surface area contributed by atoms with Crippen LogP contribution >= 0.6 is 23.4 Å². The number of aromatic nitrogens is 3. The molecule has 0 spiro atoms. The first-order chi connectivity index (χ1) is 12.7. The molecule has 0 aliphatic carbocycles. The van der Waals surface area contributed by atoms with Crippen molar-refractivity contribution < 1.29 is 9.47 Å². The summed E-state index contributed by atoms with van der Waals surface area (Å²) < 4.78 is 12.8. The molecule has 0 fully saturated rings. The maximum absolute atomic E-state index is 5.89. The molecule has 0 N–H and O–H groups in total. The van der Waals surface area contributed by atoms with Crippen LogP contribution in [0.25, 0.3) is 0 Å². The van der Waals surface area contributed by atoms with Gasteiger partial charge in [0.15, 0.2) is 11.5 Å². The van der Waals surface area contributed by atoms with Crippen molar-refractivity contribution in [3.05, 3.63) is 65.7 Å². The van der Waals surface area contributed by atoms with E-state index in [1.54, 1.807) is 25.1 Å². The summed E-state index contributed by atoms with van der Waals surface area (Å²) in [5.41, 5.74) is 0.887. The van der Waals surface area contributed by atoms with Crippen LogP contribution in [0.15, 0.2) is 65.1 Å². The first-order valence-electron chi connectivity index (χ1n) is 7.83. The number of benzene rings is 2. The van der Waals surface area contributed by atoms with Crippen molar-refractivity contribution >= 4 is 29.6 Å². The van der Waals surface area contributed by atoms with Gasteiger partial charge in [0.2, 0.25) is 0 Å². The highest BCUT2D eigenvalue weighted by Crippen LogP contribution is 2.28. The third-order valence-electron chi connectivity index (χ3n) is 3.36. The Hall–Kier alpha value is -2.51. The van der Waals surface area contributed by atoms with Gasteiger partial charge in [-0.25, -0.2) is 4.68 Å². The van der Waals surface area contributed by atoms with E-state index in [1.807, 2.05) is 42.5 Å². The maximum atomic E-state index is 5.89. The Kier molecular flexibility index (Phi) is 6.51. The molecule has 6 nitrogen and oxygen atoms in total. The van der Waals surface area contributed by atoms with E-state index >= 15 is 0 Å². The van der Waals surface area contributed by atoms with Crippen LogP contribution in [-0.2, 0) is 0 Å². The van der Waals surface area contributed by atoms with Gasteiger partial charge in [-0.2, -0.15) is 5.10 Å². The van der Waals surface area contributed by atoms with Crippen LogP contribution in [0.5, 0.6) is 11.5 Å². The molecule has 0 bridgehead atoms. The number of nitrogens with zero attached hydrogens (tertiary/aromatic N) is 4. The highest BCUT2D eigenvalue weighted by molar-refractivity contribution is 7.99. The molecule has 3 rings (SSSR count). The zero-order valence-corrected chi connectivity index (χ0v) is 15.7. The summed E-state index contributed by atoms with van der Waals surface area (Å²) in [6.45, 7) is 0.567. The van der Waals surface area contributed by atoms with Crippen LogP contribution in [0.3, 0.4) is 0 Å². The van der Waals surface area contributed by atoms with Crippen LogP contribution in [0.1, 0.15) is 5.56 Å². The Morgan fingerprint density at radius 1 is 1.12 bits per heavy atom. The molecule has 0 atom stereocenters. The molecule has 1 aromatic heterocycles. The van der Waals surface area contributed by atoms with Gasteiger partial charge in [0.05, 0.1) is 19.9 Å². The van der Waals surface area contributed by atoms with Crippen molar-refractivity contribution in [2.24, 2.45) is 5.10 Å². The molecular weight excluding hydrogens is 372 g/mol. The topological polar surface area (TPSA) is 61.5 Å². The minimum absolute atomic E-state index is 0.567. The fourth-order valence-electron chi connectivity index (χ4n) is 2.11. The van der Waals surface area contributed by atoms with E-state index in [0.717, 1.165) is 21.2 Å².